The Kier molecular flexibility index (Phi) is 6.23. The van der Waals surface area contributed by atoms with Crippen molar-refractivity contribution in [2.45, 2.75) is 31.7 Å². The molecule has 0 spiro atoms. The highest BCUT2D eigenvalue weighted by molar-refractivity contribution is 6.31. The van der Waals surface area contributed by atoms with Gasteiger partial charge >= 0.3 is 0 Å². The van der Waals surface area contributed by atoms with Crippen molar-refractivity contribution in [2.24, 2.45) is 5.73 Å². The number of nitrogens with two attached hydrogens (primary N) is 1. The molecule has 1 aromatic heterocycles. The van der Waals surface area contributed by atoms with Crippen molar-refractivity contribution in [1.82, 2.24) is 9.97 Å². The number of hydrogen-bond donors (Lipinski definition) is 2. The maximum absolute atomic E-state index is 11.8. The van der Waals surface area contributed by atoms with E-state index in [1.54, 1.807) is 12.5 Å². The molecule has 1 aliphatic heterocycles. The molecule has 156 valence electrons. The highest BCUT2D eigenvalue weighted by Crippen LogP contribution is 2.30. The molecule has 2 aromatic carbocycles. The number of aromatic nitrogens is 2. The van der Waals surface area contributed by atoms with Crippen LogP contribution >= 0.6 is 11.6 Å². The van der Waals surface area contributed by atoms with E-state index in [0.717, 1.165) is 54.1 Å². The smallest absolute Gasteiger partial charge is 0.240 e. The number of piperidine rings is 1. The molecule has 1 fully saturated rings. The quantitative estimate of drug-likeness (QED) is 0.595. The highest BCUT2D eigenvalue weighted by Gasteiger charge is 2.27. The van der Waals surface area contributed by atoms with Crippen LogP contribution in [-0.2, 0) is 11.2 Å². The van der Waals surface area contributed by atoms with E-state index in [9.17, 15) is 4.79 Å². The van der Waals surface area contributed by atoms with E-state index in [2.05, 4.69) is 14.9 Å². The van der Waals surface area contributed by atoms with Gasteiger partial charge < -0.3 is 20.4 Å². The van der Waals surface area contributed by atoms with Crippen molar-refractivity contribution in [3.63, 3.8) is 0 Å². The number of carbonyl (C=O) groups excluding carboxylic acids is 1. The van der Waals surface area contributed by atoms with E-state index >= 15 is 0 Å². The number of nitrogens with one attached hydrogen (secondary N) is 1. The number of para-hydroxylation sites is 1. The van der Waals surface area contributed by atoms with Gasteiger partial charge in [0.2, 0.25) is 5.91 Å². The van der Waals surface area contributed by atoms with Crippen molar-refractivity contribution in [2.75, 3.05) is 18.1 Å². The Balaban J connectivity index is 1.42. The molecule has 1 saturated heterocycles. The number of halogens is 1. The lowest BCUT2D eigenvalue weighted by Gasteiger charge is -2.35. The molecule has 1 aliphatic rings. The summed E-state index contributed by atoms with van der Waals surface area (Å²) in [7, 11) is 0. The predicted octanol–water partition coefficient (Wildman–Crippen LogP) is 4.20. The van der Waals surface area contributed by atoms with Gasteiger partial charge in [-0.15, -0.1) is 0 Å². The fourth-order valence-corrected chi connectivity index (χ4v) is 4.21. The van der Waals surface area contributed by atoms with Crippen LogP contribution in [0.5, 0.6) is 5.75 Å². The number of primary amides is 1. The number of H-pyrrole nitrogens is 1. The van der Waals surface area contributed by atoms with Crippen LogP contribution in [0.25, 0.3) is 11.3 Å². The van der Waals surface area contributed by atoms with Crippen LogP contribution in [0.1, 0.15) is 24.8 Å². The maximum Gasteiger partial charge on any atom is 0.240 e. The second-order valence-corrected chi connectivity index (χ2v) is 7.85. The van der Waals surface area contributed by atoms with Gasteiger partial charge in [-0.2, -0.15) is 0 Å². The second-order valence-electron chi connectivity index (χ2n) is 7.44. The highest BCUT2D eigenvalue weighted by atomic mass is 35.5. The normalized spacial score (nSPS) is 16.4. The number of ether oxygens (including phenoxy) is 1. The topological polar surface area (TPSA) is 84.2 Å². The zero-order valence-corrected chi connectivity index (χ0v) is 17.4. The molecular weight excluding hydrogens is 400 g/mol. The van der Waals surface area contributed by atoms with Crippen LogP contribution in [0, 0.1) is 0 Å². The van der Waals surface area contributed by atoms with Crippen LogP contribution in [-0.4, -0.2) is 35.1 Å². The van der Waals surface area contributed by atoms with Gasteiger partial charge in [-0.1, -0.05) is 29.8 Å². The van der Waals surface area contributed by atoms with E-state index in [4.69, 9.17) is 22.1 Å². The Morgan fingerprint density at radius 2 is 2.13 bits per heavy atom. The summed E-state index contributed by atoms with van der Waals surface area (Å²) < 4.78 is 6.04. The Morgan fingerprint density at radius 1 is 1.27 bits per heavy atom. The Hall–Kier alpha value is -2.99. The fourth-order valence-electron chi connectivity index (χ4n) is 3.94. The van der Waals surface area contributed by atoms with Crippen molar-refractivity contribution in [3.05, 3.63) is 65.6 Å². The molecule has 7 heteroatoms. The standard InChI is InChI=1S/C23H25ClN4O2/c24-19-13-17(28-11-4-3-6-21(28)23(25)29)9-8-16(19)10-12-30-22-7-2-1-5-18(22)20-14-26-15-27-20/h1-2,5,7-9,13-15,21H,3-4,6,10-12H2,(H2,25,29)(H,26,27). The molecule has 0 bridgehead atoms. The molecule has 1 unspecified atom stereocenters. The first-order chi connectivity index (χ1) is 14.6. The van der Waals surface area contributed by atoms with E-state index in [0.29, 0.717) is 18.1 Å². The number of rotatable bonds is 7. The predicted molar refractivity (Wildman–Crippen MR) is 119 cm³/mol. The monoisotopic (exact) mass is 424 g/mol. The third-order valence-electron chi connectivity index (χ3n) is 5.50. The van der Waals surface area contributed by atoms with Gasteiger partial charge in [0.1, 0.15) is 11.8 Å². The molecule has 2 heterocycles. The molecule has 3 N–H and O–H groups in total. The van der Waals surface area contributed by atoms with E-state index in [1.165, 1.54) is 0 Å². The number of nitrogens with zero attached hydrogens (tertiary/aromatic N) is 2. The van der Waals surface area contributed by atoms with E-state index in [1.807, 2.05) is 42.5 Å². The summed E-state index contributed by atoms with van der Waals surface area (Å²) in [5.74, 6) is 0.520. The van der Waals surface area contributed by atoms with Crippen molar-refractivity contribution >= 4 is 23.2 Å². The molecule has 0 radical (unpaired) electrons. The first kappa shape index (κ1) is 20.3. The molecule has 0 saturated carbocycles. The summed E-state index contributed by atoms with van der Waals surface area (Å²) >= 11 is 6.56. The Bertz CT molecular complexity index is 1010. The zero-order valence-electron chi connectivity index (χ0n) is 16.7. The number of anilines is 1. The lowest BCUT2D eigenvalue weighted by molar-refractivity contribution is -0.119. The first-order valence-electron chi connectivity index (χ1n) is 10.2. The first-order valence-corrected chi connectivity index (χ1v) is 10.6. The van der Waals surface area contributed by atoms with Gasteiger partial charge in [0.05, 0.1) is 24.8 Å². The maximum atomic E-state index is 11.8. The minimum atomic E-state index is -0.278. The molecule has 1 amide bonds. The van der Waals surface area contributed by atoms with Gasteiger partial charge in [-0.25, -0.2) is 4.98 Å². The van der Waals surface area contributed by atoms with Gasteiger partial charge in [0.25, 0.3) is 0 Å². The molecule has 0 aliphatic carbocycles. The fraction of sp³-hybridized carbons (Fsp3) is 0.304. The number of hydrogen-bond acceptors (Lipinski definition) is 4. The molecule has 30 heavy (non-hydrogen) atoms. The molecule has 6 nitrogen and oxygen atoms in total. The number of carbonyl (C=O) groups is 1. The zero-order chi connectivity index (χ0) is 20.9. The van der Waals surface area contributed by atoms with E-state index in [-0.39, 0.29) is 11.9 Å². The SMILES string of the molecule is NC(=O)C1CCCCN1c1ccc(CCOc2ccccc2-c2cnc[nH]2)c(Cl)c1. The van der Waals surface area contributed by atoms with Crippen LogP contribution in [0.4, 0.5) is 5.69 Å². The van der Waals surface area contributed by atoms with Crippen molar-refractivity contribution in [3.8, 4) is 17.0 Å². The van der Waals surface area contributed by atoms with Gasteiger partial charge in [-0.3, -0.25) is 4.79 Å². The Labute approximate surface area is 181 Å². The Morgan fingerprint density at radius 3 is 2.90 bits per heavy atom. The molecule has 4 rings (SSSR count). The van der Waals surface area contributed by atoms with Gasteiger partial charge in [0.15, 0.2) is 0 Å². The summed E-state index contributed by atoms with van der Waals surface area (Å²) in [4.78, 5) is 21.1. The summed E-state index contributed by atoms with van der Waals surface area (Å²) in [6.07, 6.45) is 6.96. The van der Waals surface area contributed by atoms with Gasteiger partial charge in [0, 0.05) is 29.2 Å². The number of imidazole rings is 1. The minimum Gasteiger partial charge on any atom is -0.493 e. The van der Waals surface area contributed by atoms with E-state index < -0.39 is 0 Å². The third-order valence-corrected chi connectivity index (χ3v) is 5.86. The number of aromatic amines is 1. The molecule has 3 aromatic rings. The lowest BCUT2D eigenvalue weighted by atomic mass is 10.00. The molecule has 1 atom stereocenters. The van der Waals surface area contributed by atoms with Crippen LogP contribution < -0.4 is 15.4 Å². The number of benzene rings is 2. The average molecular weight is 425 g/mol. The lowest BCUT2D eigenvalue weighted by Crippen LogP contribution is -2.47. The largest absolute Gasteiger partial charge is 0.493 e. The average Bonchev–Trinajstić information content (AvgIpc) is 3.30. The summed E-state index contributed by atoms with van der Waals surface area (Å²) in [6, 6.07) is 13.6. The van der Waals surface area contributed by atoms with Crippen molar-refractivity contribution in [1.29, 1.82) is 0 Å². The molecular formula is C23H25ClN4O2. The van der Waals surface area contributed by atoms with Crippen LogP contribution in [0.15, 0.2) is 55.0 Å². The van der Waals surface area contributed by atoms with Crippen LogP contribution in [0.2, 0.25) is 5.02 Å². The summed E-state index contributed by atoms with van der Waals surface area (Å²) in [5, 5.41) is 0.673. The van der Waals surface area contributed by atoms with Gasteiger partial charge in [-0.05, 0) is 49.1 Å². The number of amides is 1. The minimum absolute atomic E-state index is 0.261. The summed E-state index contributed by atoms with van der Waals surface area (Å²) in [5.41, 5.74) is 9.43. The van der Waals surface area contributed by atoms with Crippen LogP contribution in [0.3, 0.4) is 0 Å². The van der Waals surface area contributed by atoms with Crippen molar-refractivity contribution < 1.29 is 9.53 Å². The third kappa shape index (κ3) is 4.44. The summed E-state index contributed by atoms with van der Waals surface area (Å²) in [6.45, 7) is 1.31. The second kappa shape index (κ2) is 9.22.